The molecule has 1 aliphatic heterocycles. The second-order valence-electron chi connectivity index (χ2n) is 7.47. The van der Waals surface area contributed by atoms with Crippen LogP contribution in [0.25, 0.3) is 22.2 Å². The number of benzene rings is 1. The first-order valence-electron chi connectivity index (χ1n) is 10.2. The smallest absolute Gasteiger partial charge is 0.238 e. The third-order valence-corrected chi connectivity index (χ3v) is 6.52. The van der Waals surface area contributed by atoms with E-state index in [0.717, 1.165) is 52.4 Å². The minimum absolute atomic E-state index is 0.0315. The van der Waals surface area contributed by atoms with Crippen molar-refractivity contribution in [2.24, 2.45) is 0 Å². The van der Waals surface area contributed by atoms with Crippen LogP contribution in [0.1, 0.15) is 5.69 Å². The molecular formula is C23H22N6OS. The maximum absolute atomic E-state index is 13.0. The lowest BCUT2D eigenvalue weighted by atomic mass is 10.1. The molecule has 8 heteroatoms. The van der Waals surface area contributed by atoms with Gasteiger partial charge in [0.05, 0.1) is 16.5 Å². The molecule has 4 heterocycles. The zero-order valence-electron chi connectivity index (χ0n) is 16.9. The lowest BCUT2D eigenvalue weighted by Gasteiger charge is -2.31. The molecule has 31 heavy (non-hydrogen) atoms. The molecule has 1 aliphatic rings. The molecule has 4 aromatic rings. The van der Waals surface area contributed by atoms with Gasteiger partial charge in [-0.25, -0.2) is 0 Å². The van der Waals surface area contributed by atoms with E-state index in [1.54, 1.807) is 24.2 Å². The van der Waals surface area contributed by atoms with Crippen LogP contribution in [0.2, 0.25) is 0 Å². The quantitative estimate of drug-likeness (QED) is 0.503. The molecule has 1 saturated heterocycles. The fourth-order valence-electron chi connectivity index (χ4n) is 3.77. The maximum atomic E-state index is 13.0. The largest absolute Gasteiger partial charge is 0.325 e. The van der Waals surface area contributed by atoms with Gasteiger partial charge in [-0.05, 0) is 42.5 Å². The third-order valence-electron chi connectivity index (χ3n) is 5.34. The Morgan fingerprint density at radius 3 is 2.90 bits per heavy atom. The van der Waals surface area contributed by atoms with Crippen molar-refractivity contribution >= 4 is 34.3 Å². The molecule has 0 spiro atoms. The van der Waals surface area contributed by atoms with E-state index in [1.807, 2.05) is 54.7 Å². The molecule has 0 aliphatic carbocycles. The molecular weight excluding hydrogens is 408 g/mol. The van der Waals surface area contributed by atoms with Crippen LogP contribution in [0, 0.1) is 0 Å². The van der Waals surface area contributed by atoms with Crippen molar-refractivity contribution in [3.63, 3.8) is 0 Å². The topological polar surface area (TPSA) is 86.8 Å². The van der Waals surface area contributed by atoms with Crippen LogP contribution in [0.15, 0.2) is 67.1 Å². The minimum Gasteiger partial charge on any atom is -0.325 e. The molecule has 1 atom stereocenters. The Morgan fingerprint density at radius 1 is 1.16 bits per heavy atom. The Labute approximate surface area is 184 Å². The molecule has 2 N–H and O–H groups in total. The van der Waals surface area contributed by atoms with Crippen molar-refractivity contribution in [1.82, 2.24) is 25.1 Å². The number of carbonyl (C=O) groups is 1. The number of carbonyl (C=O) groups excluding carboxylic acids is 1. The highest BCUT2D eigenvalue weighted by Crippen LogP contribution is 2.29. The summed E-state index contributed by atoms with van der Waals surface area (Å²) in [6.07, 6.45) is 5.31. The standard InChI is InChI=1S/C23H22N6OS/c30-23(21-15-29(11-12-31-21)14-18-3-1-2-8-25-18)26-17-4-5-20-19(13-17)22(28-27-20)16-6-9-24-10-7-16/h1-10,13,21H,11-12,14-15H2,(H,26,30)(H,27,28). The molecule has 0 bridgehead atoms. The zero-order chi connectivity index (χ0) is 21.0. The Kier molecular flexibility index (Phi) is 5.64. The Hall–Kier alpha value is -3.23. The van der Waals surface area contributed by atoms with Gasteiger partial charge in [0.2, 0.25) is 5.91 Å². The van der Waals surface area contributed by atoms with Crippen molar-refractivity contribution < 1.29 is 4.79 Å². The van der Waals surface area contributed by atoms with Gasteiger partial charge in [-0.3, -0.25) is 24.8 Å². The molecule has 156 valence electrons. The summed E-state index contributed by atoms with van der Waals surface area (Å²) >= 11 is 1.71. The van der Waals surface area contributed by atoms with Crippen LogP contribution in [-0.4, -0.2) is 55.1 Å². The van der Waals surface area contributed by atoms with Crippen molar-refractivity contribution in [1.29, 1.82) is 0 Å². The van der Waals surface area contributed by atoms with Crippen molar-refractivity contribution in [2.75, 3.05) is 24.2 Å². The highest BCUT2D eigenvalue weighted by molar-refractivity contribution is 8.00. The second-order valence-corrected chi connectivity index (χ2v) is 8.78. The predicted molar refractivity (Wildman–Crippen MR) is 124 cm³/mol. The second kappa shape index (κ2) is 8.87. The van der Waals surface area contributed by atoms with E-state index in [1.165, 1.54) is 0 Å². The van der Waals surface area contributed by atoms with Gasteiger partial charge in [-0.15, -0.1) is 11.8 Å². The molecule has 7 nitrogen and oxygen atoms in total. The van der Waals surface area contributed by atoms with Gasteiger partial charge in [0.1, 0.15) is 5.69 Å². The summed E-state index contributed by atoms with van der Waals surface area (Å²) in [7, 11) is 0. The van der Waals surface area contributed by atoms with Crippen molar-refractivity contribution in [3.8, 4) is 11.3 Å². The van der Waals surface area contributed by atoms with Crippen LogP contribution in [-0.2, 0) is 11.3 Å². The molecule has 5 rings (SSSR count). The van der Waals surface area contributed by atoms with E-state index < -0.39 is 0 Å². The monoisotopic (exact) mass is 430 g/mol. The molecule has 1 fully saturated rings. The first kappa shape index (κ1) is 19.7. The highest BCUT2D eigenvalue weighted by Gasteiger charge is 2.27. The average molecular weight is 431 g/mol. The summed E-state index contributed by atoms with van der Waals surface area (Å²) in [5.41, 5.74) is 4.57. The number of rotatable bonds is 5. The van der Waals surface area contributed by atoms with E-state index in [-0.39, 0.29) is 11.2 Å². The fourth-order valence-corrected chi connectivity index (χ4v) is 4.94. The van der Waals surface area contributed by atoms with Gasteiger partial charge in [0.25, 0.3) is 0 Å². The molecule has 1 aromatic carbocycles. The van der Waals surface area contributed by atoms with E-state index >= 15 is 0 Å². The fraction of sp³-hybridized carbons (Fsp3) is 0.217. The number of anilines is 1. The molecule has 0 radical (unpaired) electrons. The summed E-state index contributed by atoms with van der Waals surface area (Å²) in [6, 6.07) is 15.6. The number of thioether (sulfide) groups is 1. The summed E-state index contributed by atoms with van der Waals surface area (Å²) in [4.78, 5) is 23.8. The van der Waals surface area contributed by atoms with Gasteiger partial charge in [0, 0.05) is 60.6 Å². The van der Waals surface area contributed by atoms with Gasteiger partial charge >= 0.3 is 0 Å². The third kappa shape index (κ3) is 4.45. The number of aromatic nitrogens is 4. The van der Waals surface area contributed by atoms with E-state index in [2.05, 4.69) is 30.4 Å². The first-order chi connectivity index (χ1) is 15.3. The normalized spacial score (nSPS) is 17.0. The first-order valence-corrected chi connectivity index (χ1v) is 11.2. The number of pyridine rings is 2. The highest BCUT2D eigenvalue weighted by atomic mass is 32.2. The number of nitrogens with zero attached hydrogens (tertiary/aromatic N) is 4. The predicted octanol–water partition coefficient (Wildman–Crippen LogP) is 3.58. The SMILES string of the molecule is O=C(Nc1ccc2[nH]nc(-c3ccncc3)c2c1)C1CN(Cc2ccccn2)CCS1. The van der Waals surface area contributed by atoms with E-state index in [4.69, 9.17) is 0 Å². The number of hydrogen-bond donors (Lipinski definition) is 2. The molecule has 1 unspecified atom stereocenters. The molecule has 1 amide bonds. The van der Waals surface area contributed by atoms with Gasteiger partial charge in [0.15, 0.2) is 0 Å². The number of H-pyrrole nitrogens is 1. The number of nitrogens with one attached hydrogen (secondary N) is 2. The van der Waals surface area contributed by atoms with Gasteiger partial charge in [-0.2, -0.15) is 5.10 Å². The van der Waals surface area contributed by atoms with Crippen LogP contribution in [0.5, 0.6) is 0 Å². The van der Waals surface area contributed by atoms with Crippen LogP contribution >= 0.6 is 11.8 Å². The van der Waals surface area contributed by atoms with Gasteiger partial charge in [-0.1, -0.05) is 6.07 Å². The maximum Gasteiger partial charge on any atom is 0.238 e. The van der Waals surface area contributed by atoms with E-state index in [0.29, 0.717) is 6.54 Å². The summed E-state index contributed by atoms with van der Waals surface area (Å²) < 4.78 is 0. The lowest BCUT2D eigenvalue weighted by Crippen LogP contribution is -2.43. The number of aromatic amines is 1. The summed E-state index contributed by atoms with van der Waals surface area (Å²) in [5, 5.41) is 11.5. The van der Waals surface area contributed by atoms with Crippen molar-refractivity contribution in [3.05, 3.63) is 72.8 Å². The zero-order valence-corrected chi connectivity index (χ0v) is 17.7. The van der Waals surface area contributed by atoms with E-state index in [9.17, 15) is 4.79 Å². The van der Waals surface area contributed by atoms with Crippen LogP contribution in [0.4, 0.5) is 5.69 Å². The summed E-state index contributed by atoms with van der Waals surface area (Å²) in [5.74, 6) is 0.960. The van der Waals surface area contributed by atoms with Crippen LogP contribution < -0.4 is 5.32 Å². The van der Waals surface area contributed by atoms with Crippen molar-refractivity contribution in [2.45, 2.75) is 11.8 Å². The Balaban J connectivity index is 1.29. The Morgan fingerprint density at radius 2 is 2.06 bits per heavy atom. The number of amides is 1. The lowest BCUT2D eigenvalue weighted by molar-refractivity contribution is -0.116. The van der Waals surface area contributed by atoms with Gasteiger partial charge < -0.3 is 5.32 Å². The Bertz CT molecular complexity index is 1180. The molecule has 0 saturated carbocycles. The number of fused-ring (bicyclic) bond motifs is 1. The molecule has 3 aromatic heterocycles. The minimum atomic E-state index is -0.114. The summed E-state index contributed by atoms with van der Waals surface area (Å²) in [6.45, 7) is 2.44. The van der Waals surface area contributed by atoms with Crippen LogP contribution in [0.3, 0.4) is 0 Å². The average Bonchev–Trinajstić information content (AvgIpc) is 3.24. The number of hydrogen-bond acceptors (Lipinski definition) is 6.